The summed E-state index contributed by atoms with van der Waals surface area (Å²) < 4.78 is 39.7. The lowest BCUT2D eigenvalue weighted by molar-refractivity contribution is -0.116. The van der Waals surface area contributed by atoms with Gasteiger partial charge in [-0.25, -0.2) is 13.1 Å². The summed E-state index contributed by atoms with van der Waals surface area (Å²) in [6.45, 7) is 6.24. The van der Waals surface area contributed by atoms with E-state index in [1.165, 1.54) is 6.92 Å². The molecule has 1 N–H and O–H groups in total. The van der Waals surface area contributed by atoms with Crippen molar-refractivity contribution in [3.05, 3.63) is 47.5 Å². The maximum absolute atomic E-state index is 13.0. The predicted octanol–water partition coefficient (Wildman–Crippen LogP) is 2.79. The molecule has 2 aromatic rings. The Morgan fingerprint density at radius 3 is 2.59 bits per heavy atom. The van der Waals surface area contributed by atoms with Crippen LogP contribution in [0, 0.1) is 0 Å². The Morgan fingerprint density at radius 2 is 1.86 bits per heavy atom. The van der Waals surface area contributed by atoms with Crippen molar-refractivity contribution in [3.63, 3.8) is 0 Å². The zero-order valence-corrected chi connectivity index (χ0v) is 17.5. The summed E-state index contributed by atoms with van der Waals surface area (Å²) in [5, 5.41) is 0. The van der Waals surface area contributed by atoms with Crippen LogP contribution in [0.3, 0.4) is 0 Å². The van der Waals surface area contributed by atoms with Crippen LogP contribution in [0.4, 0.5) is 5.69 Å². The number of amides is 1. The maximum atomic E-state index is 13.0. The first-order valence-electron chi connectivity index (χ1n) is 9.61. The summed E-state index contributed by atoms with van der Waals surface area (Å²) in [5.41, 5.74) is 2.43. The van der Waals surface area contributed by atoms with Crippen molar-refractivity contribution in [2.45, 2.75) is 44.2 Å². The summed E-state index contributed by atoms with van der Waals surface area (Å²) >= 11 is 0. The van der Waals surface area contributed by atoms with Gasteiger partial charge >= 0.3 is 0 Å². The molecule has 0 bridgehead atoms. The molecule has 0 spiro atoms. The number of carbonyl (C=O) groups is 1. The molecule has 0 aliphatic carbocycles. The molecule has 0 unspecified atom stereocenters. The number of nitrogens with zero attached hydrogens (tertiary/aromatic N) is 1. The highest BCUT2D eigenvalue weighted by Gasteiger charge is 2.30. The van der Waals surface area contributed by atoms with Crippen LogP contribution in [0.25, 0.3) is 0 Å². The summed E-state index contributed by atoms with van der Waals surface area (Å²) in [6, 6.07) is 9.92. The second kappa shape index (κ2) is 7.35. The minimum absolute atomic E-state index is 0.0186. The topological polar surface area (TPSA) is 84.9 Å². The molecule has 29 heavy (non-hydrogen) atoms. The van der Waals surface area contributed by atoms with Crippen LogP contribution in [-0.2, 0) is 21.2 Å². The van der Waals surface area contributed by atoms with E-state index in [2.05, 4.69) is 4.72 Å². The molecule has 2 aromatic carbocycles. The number of benzene rings is 2. The second-order valence-electron chi connectivity index (χ2n) is 7.48. The number of rotatable bonds is 4. The van der Waals surface area contributed by atoms with Crippen LogP contribution >= 0.6 is 0 Å². The first-order valence-corrected chi connectivity index (χ1v) is 11.1. The lowest BCUT2D eigenvalue weighted by Gasteiger charge is -2.21. The number of carbonyl (C=O) groups excluding carboxylic acids is 1. The molecule has 7 nitrogen and oxygen atoms in total. The van der Waals surface area contributed by atoms with Crippen molar-refractivity contribution < 1.29 is 22.7 Å². The molecule has 2 aliphatic heterocycles. The third-order valence-corrected chi connectivity index (χ3v) is 6.85. The van der Waals surface area contributed by atoms with E-state index in [1.807, 2.05) is 13.0 Å². The number of hydrogen-bond donors (Lipinski definition) is 1. The Balaban J connectivity index is 1.56. The normalized spacial score (nSPS) is 19.0. The molecule has 154 valence electrons. The molecular weight excluding hydrogens is 392 g/mol. The minimum Gasteiger partial charge on any atom is -0.486 e. The molecule has 4 rings (SSSR count). The third kappa shape index (κ3) is 3.70. The van der Waals surface area contributed by atoms with Gasteiger partial charge in [-0.05, 0) is 61.7 Å². The molecule has 2 aliphatic rings. The zero-order chi connectivity index (χ0) is 20.8. The van der Waals surface area contributed by atoms with Gasteiger partial charge in [0, 0.05) is 24.7 Å². The predicted molar refractivity (Wildman–Crippen MR) is 109 cm³/mol. The van der Waals surface area contributed by atoms with E-state index in [1.54, 1.807) is 42.2 Å². The highest BCUT2D eigenvalue weighted by Crippen LogP contribution is 2.35. The van der Waals surface area contributed by atoms with Crippen LogP contribution in [0.5, 0.6) is 11.5 Å². The fraction of sp³-hybridized carbons (Fsp3) is 0.381. The van der Waals surface area contributed by atoms with Crippen molar-refractivity contribution in [3.8, 4) is 11.5 Å². The lowest BCUT2D eigenvalue weighted by atomic mass is 10.1. The van der Waals surface area contributed by atoms with Gasteiger partial charge < -0.3 is 14.4 Å². The molecule has 0 radical (unpaired) electrons. The zero-order valence-electron chi connectivity index (χ0n) is 16.6. The van der Waals surface area contributed by atoms with Crippen LogP contribution in [0.15, 0.2) is 41.3 Å². The molecular formula is C21H24N2O5S. The van der Waals surface area contributed by atoms with Crippen LogP contribution < -0.4 is 19.1 Å². The van der Waals surface area contributed by atoms with Gasteiger partial charge in [-0.3, -0.25) is 4.79 Å². The van der Waals surface area contributed by atoms with Gasteiger partial charge in [0.15, 0.2) is 11.5 Å². The highest BCUT2D eigenvalue weighted by atomic mass is 32.2. The standard InChI is InChI=1S/C21H24N2O5S/c1-13-10-17-11-18(5-6-19(17)23(13)15(3)24)29(25,26)22-14(2)16-4-7-20-21(12-16)28-9-8-27-20/h4-7,11-14,22H,8-10H2,1-3H3/t13-,14-/m1/s1. The van der Waals surface area contributed by atoms with Crippen molar-refractivity contribution in [1.29, 1.82) is 0 Å². The molecule has 0 saturated heterocycles. The van der Waals surface area contributed by atoms with E-state index >= 15 is 0 Å². The molecule has 0 aromatic heterocycles. The third-order valence-electron chi connectivity index (χ3n) is 5.31. The van der Waals surface area contributed by atoms with E-state index < -0.39 is 16.1 Å². The molecule has 1 amide bonds. The van der Waals surface area contributed by atoms with E-state index in [4.69, 9.17) is 9.47 Å². The summed E-state index contributed by atoms with van der Waals surface area (Å²) in [5.74, 6) is 1.24. The van der Waals surface area contributed by atoms with Crippen LogP contribution in [0.1, 0.15) is 37.9 Å². The van der Waals surface area contributed by atoms with E-state index in [0.717, 1.165) is 16.8 Å². The summed E-state index contributed by atoms with van der Waals surface area (Å²) in [7, 11) is -3.73. The van der Waals surface area contributed by atoms with Gasteiger partial charge in [-0.1, -0.05) is 6.07 Å². The number of ether oxygens (including phenoxy) is 2. The Labute approximate surface area is 170 Å². The molecule has 2 heterocycles. The van der Waals surface area contributed by atoms with Gasteiger partial charge in [0.05, 0.1) is 4.90 Å². The quantitative estimate of drug-likeness (QED) is 0.829. The van der Waals surface area contributed by atoms with Gasteiger partial charge in [-0.2, -0.15) is 0 Å². The second-order valence-corrected chi connectivity index (χ2v) is 9.19. The Kier molecular flexibility index (Phi) is 5.00. The SMILES string of the molecule is CC(=O)N1c2ccc(S(=O)(=O)N[C@H](C)c3ccc4c(c3)OCCO4)cc2C[C@H]1C. The molecule has 8 heteroatoms. The van der Waals surface area contributed by atoms with Crippen molar-refractivity contribution in [2.24, 2.45) is 0 Å². The lowest BCUT2D eigenvalue weighted by Crippen LogP contribution is -2.33. The molecule has 2 atom stereocenters. The van der Waals surface area contributed by atoms with E-state index in [0.29, 0.717) is 31.1 Å². The van der Waals surface area contributed by atoms with E-state index in [9.17, 15) is 13.2 Å². The smallest absolute Gasteiger partial charge is 0.241 e. The van der Waals surface area contributed by atoms with Gasteiger partial charge in [-0.15, -0.1) is 0 Å². The molecule has 0 fully saturated rings. The van der Waals surface area contributed by atoms with Crippen LogP contribution in [0.2, 0.25) is 0 Å². The Bertz CT molecular complexity index is 1070. The largest absolute Gasteiger partial charge is 0.486 e. The summed E-state index contributed by atoms with van der Waals surface area (Å²) in [6.07, 6.45) is 0.635. The number of sulfonamides is 1. The van der Waals surface area contributed by atoms with E-state index in [-0.39, 0.29) is 16.8 Å². The first kappa shape index (κ1) is 19.7. The highest BCUT2D eigenvalue weighted by molar-refractivity contribution is 7.89. The van der Waals surface area contributed by atoms with Crippen LogP contribution in [-0.4, -0.2) is 33.6 Å². The average Bonchev–Trinajstić information content (AvgIpc) is 3.02. The fourth-order valence-electron chi connectivity index (χ4n) is 3.95. The maximum Gasteiger partial charge on any atom is 0.241 e. The fourth-order valence-corrected chi connectivity index (χ4v) is 5.23. The number of fused-ring (bicyclic) bond motifs is 2. The Hall–Kier alpha value is -2.58. The monoisotopic (exact) mass is 416 g/mol. The van der Waals surface area contributed by atoms with Gasteiger partial charge in [0.1, 0.15) is 13.2 Å². The Morgan fingerprint density at radius 1 is 1.14 bits per heavy atom. The number of nitrogens with one attached hydrogen (secondary N) is 1. The van der Waals surface area contributed by atoms with Crippen molar-refractivity contribution in [1.82, 2.24) is 4.72 Å². The minimum atomic E-state index is -3.73. The first-order chi connectivity index (χ1) is 13.8. The number of hydrogen-bond acceptors (Lipinski definition) is 5. The number of anilines is 1. The van der Waals surface area contributed by atoms with Gasteiger partial charge in [0.2, 0.25) is 15.9 Å². The average molecular weight is 416 g/mol. The summed E-state index contributed by atoms with van der Waals surface area (Å²) in [4.78, 5) is 13.8. The molecule has 0 saturated carbocycles. The van der Waals surface area contributed by atoms with Gasteiger partial charge in [0.25, 0.3) is 0 Å². The van der Waals surface area contributed by atoms with Crippen molar-refractivity contribution in [2.75, 3.05) is 18.1 Å². The van der Waals surface area contributed by atoms with Crippen molar-refractivity contribution >= 4 is 21.6 Å².